The van der Waals surface area contributed by atoms with Crippen molar-refractivity contribution in [1.29, 1.82) is 0 Å². The molecule has 158 valence electrons. The predicted octanol–water partition coefficient (Wildman–Crippen LogP) is 0.350. The SMILES string of the molecule is COc1ccc2c(c1)N(OC)C(=O)C21CC2NC(CO)(C(C)O)C3CC1OCC23. The Hall–Kier alpha value is -1.71. The van der Waals surface area contributed by atoms with Crippen LogP contribution in [0.3, 0.4) is 0 Å². The fraction of sp³-hybridized carbons (Fsp3) is 0.667. The van der Waals surface area contributed by atoms with Crippen molar-refractivity contribution < 1.29 is 29.3 Å². The van der Waals surface area contributed by atoms with Gasteiger partial charge in [0.25, 0.3) is 5.91 Å². The summed E-state index contributed by atoms with van der Waals surface area (Å²) >= 11 is 0. The van der Waals surface area contributed by atoms with Crippen LogP contribution in [0.1, 0.15) is 25.3 Å². The number of rotatable bonds is 4. The second-order valence-electron chi connectivity index (χ2n) is 8.79. The number of anilines is 1. The number of nitrogens with one attached hydrogen (secondary N) is 1. The van der Waals surface area contributed by atoms with Gasteiger partial charge in [-0.3, -0.25) is 9.63 Å². The molecule has 1 saturated carbocycles. The summed E-state index contributed by atoms with van der Waals surface area (Å²) in [4.78, 5) is 19.2. The number of methoxy groups -OCH3 is 1. The zero-order chi connectivity index (χ0) is 20.6. The molecule has 1 aromatic carbocycles. The van der Waals surface area contributed by atoms with Crippen LogP contribution in [0, 0.1) is 11.8 Å². The lowest BCUT2D eigenvalue weighted by Gasteiger charge is -2.46. The van der Waals surface area contributed by atoms with E-state index in [4.69, 9.17) is 14.3 Å². The monoisotopic (exact) mass is 404 g/mol. The van der Waals surface area contributed by atoms with Crippen molar-refractivity contribution in [1.82, 2.24) is 5.32 Å². The molecule has 0 aromatic heterocycles. The van der Waals surface area contributed by atoms with Crippen molar-refractivity contribution >= 4 is 11.6 Å². The second-order valence-corrected chi connectivity index (χ2v) is 8.79. The first-order chi connectivity index (χ1) is 13.9. The van der Waals surface area contributed by atoms with Crippen molar-refractivity contribution in [3.63, 3.8) is 0 Å². The Morgan fingerprint density at radius 3 is 2.86 bits per heavy atom. The number of fused-ring (bicyclic) bond motifs is 2. The Balaban J connectivity index is 1.63. The minimum Gasteiger partial charge on any atom is -0.497 e. The Bertz CT molecular complexity index is 846. The van der Waals surface area contributed by atoms with E-state index in [1.54, 1.807) is 14.0 Å². The van der Waals surface area contributed by atoms with Crippen LogP contribution in [-0.4, -0.2) is 67.3 Å². The number of amides is 1. The molecular weight excluding hydrogens is 376 g/mol. The quantitative estimate of drug-likeness (QED) is 0.666. The second kappa shape index (κ2) is 6.39. The largest absolute Gasteiger partial charge is 0.497 e. The van der Waals surface area contributed by atoms with E-state index < -0.39 is 17.1 Å². The smallest absolute Gasteiger partial charge is 0.264 e. The summed E-state index contributed by atoms with van der Waals surface area (Å²) in [5, 5.41) is 25.6. The summed E-state index contributed by atoms with van der Waals surface area (Å²) in [6.45, 7) is 2.09. The van der Waals surface area contributed by atoms with Gasteiger partial charge in [-0.2, -0.15) is 5.06 Å². The fourth-order valence-corrected chi connectivity index (χ4v) is 6.39. The summed E-state index contributed by atoms with van der Waals surface area (Å²) in [6, 6.07) is 5.57. The van der Waals surface area contributed by atoms with Crippen LogP contribution >= 0.6 is 0 Å². The van der Waals surface area contributed by atoms with E-state index in [-0.39, 0.29) is 36.5 Å². The zero-order valence-electron chi connectivity index (χ0n) is 16.9. The van der Waals surface area contributed by atoms with E-state index in [9.17, 15) is 15.0 Å². The van der Waals surface area contributed by atoms with Gasteiger partial charge in [-0.1, -0.05) is 6.07 Å². The van der Waals surface area contributed by atoms with Crippen molar-refractivity contribution in [2.24, 2.45) is 11.8 Å². The van der Waals surface area contributed by atoms with E-state index in [1.807, 2.05) is 18.2 Å². The third kappa shape index (κ3) is 2.24. The maximum absolute atomic E-state index is 13.7. The van der Waals surface area contributed by atoms with Gasteiger partial charge in [0.05, 0.1) is 50.9 Å². The van der Waals surface area contributed by atoms with E-state index >= 15 is 0 Å². The maximum atomic E-state index is 13.7. The summed E-state index contributed by atoms with van der Waals surface area (Å²) in [7, 11) is 3.08. The first-order valence-corrected chi connectivity index (χ1v) is 10.2. The Morgan fingerprint density at radius 1 is 1.41 bits per heavy atom. The topological polar surface area (TPSA) is 100 Å². The molecule has 1 aromatic rings. The molecule has 8 heteroatoms. The number of hydrogen-bond donors (Lipinski definition) is 3. The van der Waals surface area contributed by atoms with Crippen LogP contribution in [0.5, 0.6) is 5.75 Å². The van der Waals surface area contributed by atoms with E-state index in [1.165, 1.54) is 12.2 Å². The van der Waals surface area contributed by atoms with Crippen LogP contribution in [0.25, 0.3) is 0 Å². The number of aliphatic hydroxyl groups is 2. The molecule has 1 spiro atoms. The minimum absolute atomic E-state index is 0.0294. The van der Waals surface area contributed by atoms with Crippen molar-refractivity contribution in [3.05, 3.63) is 23.8 Å². The van der Waals surface area contributed by atoms with Gasteiger partial charge in [-0.15, -0.1) is 0 Å². The van der Waals surface area contributed by atoms with Gasteiger partial charge < -0.3 is 25.0 Å². The Morgan fingerprint density at radius 2 is 2.21 bits per heavy atom. The van der Waals surface area contributed by atoms with Gasteiger partial charge >= 0.3 is 0 Å². The summed E-state index contributed by atoms with van der Waals surface area (Å²) in [5.74, 6) is 0.692. The Labute approximate surface area is 169 Å². The highest BCUT2D eigenvalue weighted by Crippen LogP contribution is 2.58. The lowest BCUT2D eigenvalue weighted by atomic mass is 9.68. The van der Waals surface area contributed by atoms with Gasteiger partial charge in [0.2, 0.25) is 0 Å². The normalized spacial score (nSPS) is 41.0. The lowest BCUT2D eigenvalue weighted by molar-refractivity contribution is -0.141. The number of hydroxylamine groups is 1. The van der Waals surface area contributed by atoms with Crippen LogP contribution < -0.4 is 15.1 Å². The first kappa shape index (κ1) is 19.3. The minimum atomic E-state index is -0.862. The van der Waals surface area contributed by atoms with E-state index in [2.05, 4.69) is 5.32 Å². The number of ether oxygens (including phenoxy) is 2. The first-order valence-electron chi connectivity index (χ1n) is 10.2. The molecule has 0 radical (unpaired) electrons. The summed E-state index contributed by atoms with van der Waals surface area (Å²) < 4.78 is 11.6. The molecule has 4 bridgehead atoms. The molecule has 5 aliphatic rings. The van der Waals surface area contributed by atoms with Crippen LogP contribution in [0.15, 0.2) is 18.2 Å². The fourth-order valence-electron chi connectivity index (χ4n) is 6.39. The number of hydrogen-bond acceptors (Lipinski definition) is 7. The highest BCUT2D eigenvalue weighted by Gasteiger charge is 2.68. The highest BCUT2D eigenvalue weighted by molar-refractivity contribution is 6.07. The third-order valence-electron chi connectivity index (χ3n) is 7.86. The molecule has 7 atom stereocenters. The van der Waals surface area contributed by atoms with E-state index in [0.29, 0.717) is 30.9 Å². The predicted molar refractivity (Wildman–Crippen MR) is 104 cm³/mol. The molecule has 4 fully saturated rings. The molecule has 8 nitrogen and oxygen atoms in total. The molecule has 4 aliphatic heterocycles. The van der Waals surface area contributed by atoms with Crippen LogP contribution in [0.4, 0.5) is 5.69 Å². The summed E-state index contributed by atoms with van der Waals surface area (Å²) in [5.41, 5.74) is -0.0499. The lowest BCUT2D eigenvalue weighted by Crippen LogP contribution is -2.62. The number of nitrogens with zero attached hydrogens (tertiary/aromatic N) is 1. The van der Waals surface area contributed by atoms with Gasteiger partial charge in [0.15, 0.2) is 0 Å². The van der Waals surface area contributed by atoms with Gasteiger partial charge in [0.1, 0.15) is 11.2 Å². The molecule has 1 aliphatic carbocycles. The molecule has 1 amide bonds. The van der Waals surface area contributed by atoms with Gasteiger partial charge in [0, 0.05) is 18.0 Å². The molecule has 7 unspecified atom stereocenters. The molecule has 3 N–H and O–H groups in total. The number of carbonyl (C=O) groups is 1. The van der Waals surface area contributed by atoms with E-state index in [0.717, 1.165) is 5.56 Å². The zero-order valence-corrected chi connectivity index (χ0v) is 16.9. The third-order valence-corrected chi connectivity index (χ3v) is 7.86. The summed E-state index contributed by atoms with van der Waals surface area (Å²) in [6.07, 6.45) is 0.0733. The molecule has 4 heterocycles. The van der Waals surface area contributed by atoms with Crippen molar-refractivity contribution in [3.8, 4) is 5.75 Å². The number of benzene rings is 1. The number of carbonyl (C=O) groups excluding carboxylic acids is 1. The maximum Gasteiger partial charge on any atom is 0.264 e. The van der Waals surface area contributed by atoms with Crippen molar-refractivity contribution in [2.45, 2.75) is 49.0 Å². The molecule has 6 rings (SSSR count). The van der Waals surface area contributed by atoms with Crippen molar-refractivity contribution in [2.75, 3.05) is 32.5 Å². The Kier molecular flexibility index (Phi) is 4.25. The molecule has 3 saturated heterocycles. The van der Waals surface area contributed by atoms with Gasteiger partial charge in [-0.25, -0.2) is 0 Å². The van der Waals surface area contributed by atoms with Crippen LogP contribution in [-0.2, 0) is 19.8 Å². The standard InChI is InChI=1S/C21H28N2O6/c1-11(25)21(10-24)15-7-18-20(8-16(22-21)13(15)9-29-18)14-5-4-12(27-2)6-17(14)23(28-3)19(20)26/h4-6,11,13,15-16,18,22,24-25H,7-10H2,1-3H3. The van der Waals surface area contributed by atoms with Gasteiger partial charge in [-0.05, 0) is 37.3 Å². The average Bonchev–Trinajstić information content (AvgIpc) is 3.05. The molecule has 29 heavy (non-hydrogen) atoms. The molecular formula is C21H28N2O6. The number of aliphatic hydroxyl groups excluding tert-OH is 2. The van der Waals surface area contributed by atoms with Crippen LogP contribution in [0.2, 0.25) is 0 Å². The highest BCUT2D eigenvalue weighted by atomic mass is 16.7. The average molecular weight is 404 g/mol.